The maximum Gasteiger partial charge on any atom is 0.242 e. The molecule has 1 aromatic carbocycles. The van der Waals surface area contributed by atoms with Gasteiger partial charge in [0.15, 0.2) is 0 Å². The van der Waals surface area contributed by atoms with Gasteiger partial charge in [-0.25, -0.2) is 13.1 Å². The minimum atomic E-state index is -3.53. The van der Waals surface area contributed by atoms with Gasteiger partial charge in [0.2, 0.25) is 10.0 Å². The average Bonchev–Trinajstić information content (AvgIpc) is 2.47. The largest absolute Gasteiger partial charge is 0.399 e. The number of nitrogens with two attached hydrogens (primary N) is 1. The van der Waals surface area contributed by atoms with Gasteiger partial charge in [0.05, 0.1) is 5.69 Å². The molecule has 0 aliphatic heterocycles. The topological polar surface area (TPSA) is 93.4 Å². The molecule has 1 aromatic rings. The fourth-order valence-corrected chi connectivity index (χ4v) is 2.70. The molecule has 0 atom stereocenters. The van der Waals surface area contributed by atoms with Crippen LogP contribution >= 0.6 is 0 Å². The van der Waals surface area contributed by atoms with Gasteiger partial charge in [-0.3, -0.25) is 0 Å². The molecule has 0 aromatic heterocycles. The number of hydrogen-bond donors (Lipinski definition) is 3. The Hall–Kier alpha value is -1.31. The lowest BCUT2D eigenvalue weighted by Gasteiger charge is -2.13. The van der Waals surface area contributed by atoms with E-state index < -0.39 is 10.0 Å². The van der Waals surface area contributed by atoms with Crippen LogP contribution in [0.1, 0.15) is 26.2 Å². The lowest BCUT2D eigenvalue weighted by Crippen LogP contribution is -2.20. The minimum Gasteiger partial charge on any atom is -0.399 e. The van der Waals surface area contributed by atoms with E-state index in [0.29, 0.717) is 24.5 Å². The number of nitrogen functional groups attached to an aromatic ring is 1. The van der Waals surface area contributed by atoms with Gasteiger partial charge in [-0.1, -0.05) is 13.3 Å². The van der Waals surface area contributed by atoms with Gasteiger partial charge < -0.3 is 15.8 Å². The van der Waals surface area contributed by atoms with Gasteiger partial charge in [0.25, 0.3) is 0 Å². The quantitative estimate of drug-likeness (QED) is 0.452. The number of anilines is 2. The van der Waals surface area contributed by atoms with E-state index in [1.807, 2.05) is 0 Å². The molecule has 0 fully saturated rings. The first kappa shape index (κ1) is 17.7. The highest BCUT2D eigenvalue weighted by Gasteiger charge is 2.16. The molecule has 0 aliphatic carbocycles. The van der Waals surface area contributed by atoms with E-state index >= 15 is 0 Å². The third kappa shape index (κ3) is 5.91. The molecule has 0 spiro atoms. The minimum absolute atomic E-state index is 0.164. The molecule has 6 nitrogen and oxygen atoms in total. The molecule has 1 rings (SSSR count). The normalized spacial score (nSPS) is 11.5. The molecule has 0 radical (unpaired) electrons. The Balaban J connectivity index is 2.55. The van der Waals surface area contributed by atoms with Crippen molar-refractivity contribution in [2.24, 2.45) is 0 Å². The highest BCUT2D eigenvalue weighted by atomic mass is 32.2. The molecule has 21 heavy (non-hydrogen) atoms. The second kappa shape index (κ2) is 8.86. The van der Waals surface area contributed by atoms with Crippen LogP contribution in [0.5, 0.6) is 0 Å². The predicted molar refractivity (Wildman–Crippen MR) is 85.9 cm³/mol. The van der Waals surface area contributed by atoms with E-state index in [2.05, 4.69) is 17.0 Å². The van der Waals surface area contributed by atoms with Crippen molar-refractivity contribution in [3.8, 4) is 0 Å². The van der Waals surface area contributed by atoms with Gasteiger partial charge in [-0.05, 0) is 38.1 Å². The van der Waals surface area contributed by atoms with Crippen molar-refractivity contribution >= 4 is 21.4 Å². The first-order valence-corrected chi connectivity index (χ1v) is 8.64. The van der Waals surface area contributed by atoms with E-state index in [-0.39, 0.29) is 4.90 Å². The Morgan fingerprint density at radius 2 is 1.95 bits per heavy atom. The van der Waals surface area contributed by atoms with Crippen molar-refractivity contribution in [3.63, 3.8) is 0 Å². The van der Waals surface area contributed by atoms with Crippen LogP contribution in [0.15, 0.2) is 23.1 Å². The van der Waals surface area contributed by atoms with Crippen molar-refractivity contribution in [1.29, 1.82) is 0 Å². The van der Waals surface area contributed by atoms with E-state index in [1.165, 1.54) is 13.1 Å². The summed E-state index contributed by atoms with van der Waals surface area (Å²) < 4.78 is 31.7. The van der Waals surface area contributed by atoms with Crippen LogP contribution in [0.25, 0.3) is 0 Å². The zero-order chi connectivity index (χ0) is 15.7. The highest BCUT2D eigenvalue weighted by Crippen LogP contribution is 2.23. The summed E-state index contributed by atoms with van der Waals surface area (Å²) in [5, 5.41) is 3.12. The summed E-state index contributed by atoms with van der Waals surface area (Å²) in [5.41, 5.74) is 6.62. The number of nitrogens with one attached hydrogen (secondary N) is 2. The summed E-state index contributed by atoms with van der Waals surface area (Å²) in [5.74, 6) is 0. The predicted octanol–water partition coefficient (Wildman–Crippen LogP) is 1.80. The van der Waals surface area contributed by atoms with E-state index in [4.69, 9.17) is 10.5 Å². The average molecular weight is 315 g/mol. The van der Waals surface area contributed by atoms with Crippen molar-refractivity contribution in [1.82, 2.24) is 4.72 Å². The number of unbranched alkanes of at least 4 members (excludes halogenated alkanes) is 1. The maximum atomic E-state index is 11.9. The van der Waals surface area contributed by atoms with Crippen LogP contribution in [0.2, 0.25) is 0 Å². The summed E-state index contributed by atoms with van der Waals surface area (Å²) in [4.78, 5) is 0.164. The van der Waals surface area contributed by atoms with Gasteiger partial charge in [0, 0.05) is 25.4 Å². The Labute approximate surface area is 127 Å². The van der Waals surface area contributed by atoms with Crippen molar-refractivity contribution in [3.05, 3.63) is 18.2 Å². The van der Waals surface area contributed by atoms with E-state index in [0.717, 1.165) is 25.9 Å². The molecular formula is C14H25N3O3S. The summed E-state index contributed by atoms with van der Waals surface area (Å²) >= 11 is 0. The zero-order valence-corrected chi connectivity index (χ0v) is 13.5. The second-order valence-electron chi connectivity index (χ2n) is 4.71. The third-order valence-corrected chi connectivity index (χ3v) is 4.44. The molecule has 0 unspecified atom stereocenters. The van der Waals surface area contributed by atoms with E-state index in [9.17, 15) is 8.42 Å². The molecule has 120 valence electrons. The van der Waals surface area contributed by atoms with Gasteiger partial charge in [0.1, 0.15) is 4.90 Å². The Kier molecular flexibility index (Phi) is 7.49. The zero-order valence-electron chi connectivity index (χ0n) is 12.7. The number of sulfonamides is 1. The second-order valence-corrected chi connectivity index (χ2v) is 6.56. The molecule has 0 amide bonds. The number of rotatable bonds is 10. The van der Waals surface area contributed by atoms with Crippen LogP contribution in [-0.2, 0) is 14.8 Å². The number of benzene rings is 1. The van der Waals surface area contributed by atoms with E-state index in [1.54, 1.807) is 12.1 Å². The van der Waals surface area contributed by atoms with Gasteiger partial charge in [-0.15, -0.1) is 0 Å². The summed E-state index contributed by atoms with van der Waals surface area (Å²) in [6.45, 7) is 4.20. The molecule has 4 N–H and O–H groups in total. The Morgan fingerprint density at radius 1 is 1.24 bits per heavy atom. The molecule has 0 heterocycles. The van der Waals surface area contributed by atoms with Crippen molar-refractivity contribution in [2.75, 3.05) is 37.9 Å². The molecule has 0 saturated carbocycles. The molecular weight excluding hydrogens is 290 g/mol. The SMILES string of the molecule is CCCCOCCCNc1ccc(N)cc1S(=O)(=O)NC. The fraction of sp³-hybridized carbons (Fsp3) is 0.571. The first-order valence-electron chi connectivity index (χ1n) is 7.16. The maximum absolute atomic E-state index is 11.9. The summed E-state index contributed by atoms with van der Waals surface area (Å²) in [6.07, 6.45) is 3.00. The lowest BCUT2D eigenvalue weighted by molar-refractivity contribution is 0.131. The standard InChI is InChI=1S/C14H25N3O3S/c1-3-4-9-20-10-5-8-17-13-7-6-12(15)11-14(13)21(18,19)16-2/h6-7,11,16-17H,3-5,8-10,15H2,1-2H3. The number of ether oxygens (including phenoxy) is 1. The molecule has 0 aliphatic rings. The summed E-state index contributed by atoms with van der Waals surface area (Å²) in [6, 6.07) is 4.80. The van der Waals surface area contributed by atoms with Crippen LogP contribution in [-0.4, -0.2) is 35.2 Å². The van der Waals surface area contributed by atoms with Gasteiger partial charge >= 0.3 is 0 Å². The van der Waals surface area contributed by atoms with Crippen LogP contribution in [0.3, 0.4) is 0 Å². The van der Waals surface area contributed by atoms with Crippen molar-refractivity contribution in [2.45, 2.75) is 31.1 Å². The van der Waals surface area contributed by atoms with Crippen LogP contribution in [0, 0.1) is 0 Å². The first-order chi connectivity index (χ1) is 10.0. The van der Waals surface area contributed by atoms with Gasteiger partial charge in [-0.2, -0.15) is 0 Å². The highest BCUT2D eigenvalue weighted by molar-refractivity contribution is 7.89. The lowest BCUT2D eigenvalue weighted by atomic mass is 10.3. The monoisotopic (exact) mass is 315 g/mol. The van der Waals surface area contributed by atoms with Crippen molar-refractivity contribution < 1.29 is 13.2 Å². The molecule has 7 heteroatoms. The number of hydrogen-bond acceptors (Lipinski definition) is 5. The van der Waals surface area contributed by atoms with Crippen LogP contribution in [0.4, 0.5) is 11.4 Å². The molecule has 0 bridgehead atoms. The summed E-state index contributed by atoms with van der Waals surface area (Å²) in [7, 11) is -2.15. The molecule has 0 saturated heterocycles. The smallest absolute Gasteiger partial charge is 0.242 e. The fourth-order valence-electron chi connectivity index (χ4n) is 1.76. The Morgan fingerprint density at radius 3 is 2.62 bits per heavy atom. The Bertz CT molecular complexity index is 532. The third-order valence-electron chi connectivity index (χ3n) is 2.99. The van der Waals surface area contributed by atoms with Crippen LogP contribution < -0.4 is 15.8 Å².